The van der Waals surface area contributed by atoms with Crippen molar-refractivity contribution in [1.82, 2.24) is 10.1 Å². The molecular formula is C18H22N2O3. The predicted molar refractivity (Wildman–Crippen MR) is 86.2 cm³/mol. The minimum absolute atomic E-state index is 0.106. The molecule has 0 spiro atoms. The van der Waals surface area contributed by atoms with Gasteiger partial charge in [-0.3, -0.25) is 4.79 Å². The highest BCUT2D eigenvalue weighted by atomic mass is 16.5. The Hall–Kier alpha value is -2.14. The van der Waals surface area contributed by atoms with Crippen LogP contribution in [0.5, 0.6) is 0 Å². The molecule has 5 heteroatoms. The van der Waals surface area contributed by atoms with Crippen LogP contribution in [0, 0.1) is 13.8 Å². The summed E-state index contributed by atoms with van der Waals surface area (Å²) >= 11 is 0. The highest BCUT2D eigenvalue weighted by molar-refractivity contribution is 5.96. The van der Waals surface area contributed by atoms with Gasteiger partial charge in [0.05, 0.1) is 12.2 Å². The first-order chi connectivity index (χ1) is 11.0. The molecule has 1 aliphatic heterocycles. The van der Waals surface area contributed by atoms with Gasteiger partial charge in [-0.1, -0.05) is 36.3 Å². The van der Waals surface area contributed by atoms with Crippen molar-refractivity contribution in [3.8, 4) is 0 Å². The highest BCUT2D eigenvalue weighted by Gasteiger charge is 2.41. The number of likely N-dealkylation sites (tertiary alicyclic amines) is 1. The molecule has 1 unspecified atom stereocenters. The molecule has 5 nitrogen and oxygen atoms in total. The average molecular weight is 314 g/mol. The van der Waals surface area contributed by atoms with Crippen LogP contribution in [0.2, 0.25) is 0 Å². The fourth-order valence-corrected chi connectivity index (χ4v) is 3.37. The van der Waals surface area contributed by atoms with Crippen LogP contribution in [0.3, 0.4) is 0 Å². The Morgan fingerprint density at radius 2 is 2.13 bits per heavy atom. The molecule has 1 aromatic carbocycles. The number of nitrogens with zero attached hydrogens (tertiary/aromatic N) is 2. The third kappa shape index (κ3) is 2.65. The lowest BCUT2D eigenvalue weighted by Gasteiger charge is -2.25. The summed E-state index contributed by atoms with van der Waals surface area (Å²) in [7, 11) is 0. The van der Waals surface area contributed by atoms with E-state index in [0.717, 1.165) is 11.1 Å². The van der Waals surface area contributed by atoms with E-state index in [9.17, 15) is 9.90 Å². The number of hydrogen-bond acceptors (Lipinski definition) is 4. The Morgan fingerprint density at radius 1 is 1.39 bits per heavy atom. The maximum absolute atomic E-state index is 12.8. The highest BCUT2D eigenvalue weighted by Crippen LogP contribution is 2.34. The molecule has 122 valence electrons. The average Bonchev–Trinajstić information content (AvgIpc) is 3.11. The molecule has 1 atom stereocenters. The molecule has 1 amide bonds. The van der Waals surface area contributed by atoms with Gasteiger partial charge in [0, 0.05) is 6.54 Å². The fourth-order valence-electron chi connectivity index (χ4n) is 3.37. The van der Waals surface area contributed by atoms with Crippen LogP contribution >= 0.6 is 0 Å². The molecule has 0 radical (unpaired) electrons. The first-order valence-corrected chi connectivity index (χ1v) is 7.99. The molecule has 1 fully saturated rings. The Morgan fingerprint density at radius 3 is 2.83 bits per heavy atom. The van der Waals surface area contributed by atoms with Crippen LogP contribution in [0.15, 0.2) is 28.8 Å². The van der Waals surface area contributed by atoms with Crippen molar-refractivity contribution < 1.29 is 14.4 Å². The van der Waals surface area contributed by atoms with Crippen LogP contribution in [0.25, 0.3) is 0 Å². The summed E-state index contributed by atoms with van der Waals surface area (Å²) in [6.07, 6.45) is 1.18. The van der Waals surface area contributed by atoms with Crippen LogP contribution in [-0.4, -0.2) is 34.2 Å². The van der Waals surface area contributed by atoms with Crippen molar-refractivity contribution >= 4 is 5.91 Å². The molecule has 2 aromatic rings. The zero-order chi connectivity index (χ0) is 16.6. The van der Waals surface area contributed by atoms with Gasteiger partial charge in [0.15, 0.2) is 0 Å². The fraction of sp³-hybridized carbons (Fsp3) is 0.444. The van der Waals surface area contributed by atoms with Crippen molar-refractivity contribution in [3.63, 3.8) is 0 Å². The smallest absolute Gasteiger partial charge is 0.259 e. The summed E-state index contributed by atoms with van der Waals surface area (Å²) in [6, 6.07) is 7.79. The van der Waals surface area contributed by atoms with E-state index in [1.165, 1.54) is 0 Å². The second-order valence-electron chi connectivity index (χ2n) is 6.24. The minimum atomic E-state index is -0.988. The third-order valence-corrected chi connectivity index (χ3v) is 4.66. The van der Waals surface area contributed by atoms with Gasteiger partial charge in [-0.25, -0.2) is 0 Å². The van der Waals surface area contributed by atoms with Gasteiger partial charge in [-0.2, -0.15) is 0 Å². The number of benzene rings is 1. The van der Waals surface area contributed by atoms with Crippen LogP contribution < -0.4 is 0 Å². The number of carbonyl (C=O) groups excluding carboxylic acids is 1. The van der Waals surface area contributed by atoms with E-state index in [-0.39, 0.29) is 5.91 Å². The lowest BCUT2D eigenvalue weighted by Crippen LogP contribution is -2.35. The van der Waals surface area contributed by atoms with E-state index in [1.54, 1.807) is 11.8 Å². The summed E-state index contributed by atoms with van der Waals surface area (Å²) in [6.45, 7) is 6.50. The molecular weight excluding hydrogens is 292 g/mol. The lowest BCUT2D eigenvalue weighted by molar-refractivity contribution is 0.0411. The molecule has 1 aromatic heterocycles. The third-order valence-electron chi connectivity index (χ3n) is 4.66. The van der Waals surface area contributed by atoms with Gasteiger partial charge < -0.3 is 14.5 Å². The standard InChI is InChI=1S/C18H22N2O3/c1-4-15-16(13(3)23-19-15)17(21)20-10-9-18(22,11-20)14-8-6-5-7-12(14)2/h5-8,22H,4,9-11H2,1-3H3. The Labute approximate surface area is 135 Å². The molecule has 2 heterocycles. The Balaban J connectivity index is 1.86. The quantitative estimate of drug-likeness (QED) is 0.945. The maximum atomic E-state index is 12.8. The van der Waals surface area contributed by atoms with Gasteiger partial charge in [-0.05, 0) is 37.8 Å². The summed E-state index contributed by atoms with van der Waals surface area (Å²) in [5, 5.41) is 15.0. The lowest BCUT2D eigenvalue weighted by atomic mass is 9.89. The van der Waals surface area contributed by atoms with Gasteiger partial charge in [-0.15, -0.1) is 0 Å². The van der Waals surface area contributed by atoms with Crippen molar-refractivity contribution in [2.75, 3.05) is 13.1 Å². The van der Waals surface area contributed by atoms with Crippen molar-refractivity contribution in [1.29, 1.82) is 0 Å². The molecule has 0 bridgehead atoms. The Kier molecular flexibility index (Phi) is 3.98. The molecule has 0 aliphatic carbocycles. The van der Waals surface area contributed by atoms with Gasteiger partial charge in [0.2, 0.25) is 0 Å². The number of amides is 1. The molecule has 3 rings (SSSR count). The van der Waals surface area contributed by atoms with E-state index in [2.05, 4.69) is 5.16 Å². The second-order valence-corrected chi connectivity index (χ2v) is 6.24. The molecule has 1 saturated heterocycles. The second kappa shape index (κ2) is 5.81. The predicted octanol–water partition coefficient (Wildman–Crippen LogP) is 2.59. The zero-order valence-corrected chi connectivity index (χ0v) is 13.8. The number of rotatable bonds is 3. The number of β-amino-alcohol motifs (C(OH)–C–C–N with tert-alkyl or cyclic N) is 1. The maximum Gasteiger partial charge on any atom is 0.259 e. The molecule has 1 N–H and O–H groups in total. The van der Waals surface area contributed by atoms with Crippen LogP contribution in [0.4, 0.5) is 0 Å². The minimum Gasteiger partial charge on any atom is -0.383 e. The number of aryl methyl sites for hydroxylation is 3. The summed E-state index contributed by atoms with van der Waals surface area (Å²) in [5.74, 6) is 0.434. The van der Waals surface area contributed by atoms with Crippen LogP contribution in [0.1, 0.15) is 46.3 Å². The molecule has 1 aliphatic rings. The number of aliphatic hydroxyl groups is 1. The number of carbonyl (C=O) groups is 1. The van der Waals surface area contributed by atoms with E-state index in [4.69, 9.17) is 4.52 Å². The van der Waals surface area contributed by atoms with Crippen molar-refractivity contribution in [3.05, 3.63) is 52.4 Å². The first kappa shape index (κ1) is 15.7. The zero-order valence-electron chi connectivity index (χ0n) is 13.8. The number of aromatic nitrogens is 1. The summed E-state index contributed by atoms with van der Waals surface area (Å²) in [4.78, 5) is 14.5. The largest absolute Gasteiger partial charge is 0.383 e. The molecule has 0 saturated carbocycles. The SMILES string of the molecule is CCc1noc(C)c1C(=O)N1CCC(O)(c2ccccc2C)C1. The van der Waals surface area contributed by atoms with Gasteiger partial charge in [0.1, 0.15) is 16.9 Å². The van der Waals surface area contributed by atoms with Crippen molar-refractivity contribution in [2.45, 2.75) is 39.2 Å². The van der Waals surface area contributed by atoms with Crippen LogP contribution in [-0.2, 0) is 12.0 Å². The monoisotopic (exact) mass is 314 g/mol. The van der Waals surface area contributed by atoms with E-state index in [0.29, 0.717) is 42.9 Å². The first-order valence-electron chi connectivity index (χ1n) is 7.99. The summed E-state index contributed by atoms with van der Waals surface area (Å²) < 4.78 is 5.16. The topological polar surface area (TPSA) is 66.6 Å². The van der Waals surface area contributed by atoms with E-state index in [1.807, 2.05) is 38.1 Å². The summed E-state index contributed by atoms with van der Waals surface area (Å²) in [5.41, 5.74) is 2.17. The number of hydrogen-bond donors (Lipinski definition) is 1. The normalized spacial score (nSPS) is 21.0. The van der Waals surface area contributed by atoms with Gasteiger partial charge in [0.25, 0.3) is 5.91 Å². The molecule has 23 heavy (non-hydrogen) atoms. The Bertz CT molecular complexity index is 738. The van der Waals surface area contributed by atoms with Crippen molar-refractivity contribution in [2.24, 2.45) is 0 Å². The van der Waals surface area contributed by atoms with E-state index < -0.39 is 5.60 Å². The van der Waals surface area contributed by atoms with E-state index >= 15 is 0 Å². The van der Waals surface area contributed by atoms with Gasteiger partial charge >= 0.3 is 0 Å².